The molecule has 0 amide bonds. The maximum atomic E-state index is 13.8. The molecule has 0 saturated carbocycles. The second-order valence-electron chi connectivity index (χ2n) is 6.26. The van der Waals surface area contributed by atoms with Crippen LogP contribution in [0, 0.1) is 5.82 Å². The lowest BCUT2D eigenvalue weighted by Gasteiger charge is -2.14. The van der Waals surface area contributed by atoms with E-state index in [9.17, 15) is 12.8 Å². The molecule has 124 valence electrons. The number of rotatable bonds is 6. The van der Waals surface area contributed by atoms with Gasteiger partial charge in [-0.1, -0.05) is 51.1 Å². The lowest BCUT2D eigenvalue weighted by atomic mass is 9.98. The SMILES string of the molecule is CC(C)c1cccc(S(=O)(=O)CCC(C)c2ccccc2F)c1. The van der Waals surface area contributed by atoms with E-state index in [0.717, 1.165) is 5.56 Å². The van der Waals surface area contributed by atoms with Gasteiger partial charge in [-0.25, -0.2) is 12.8 Å². The molecule has 0 N–H and O–H groups in total. The van der Waals surface area contributed by atoms with E-state index in [1.165, 1.54) is 6.07 Å². The molecule has 0 aromatic heterocycles. The first kappa shape index (κ1) is 17.7. The van der Waals surface area contributed by atoms with Crippen LogP contribution in [0.2, 0.25) is 0 Å². The van der Waals surface area contributed by atoms with Crippen molar-refractivity contribution in [2.24, 2.45) is 0 Å². The van der Waals surface area contributed by atoms with Crippen LogP contribution < -0.4 is 0 Å². The van der Waals surface area contributed by atoms with Gasteiger partial charge in [0, 0.05) is 0 Å². The third-order valence-corrected chi connectivity index (χ3v) is 5.88. The molecule has 23 heavy (non-hydrogen) atoms. The first-order valence-electron chi connectivity index (χ1n) is 7.88. The van der Waals surface area contributed by atoms with Crippen LogP contribution in [-0.2, 0) is 9.84 Å². The zero-order chi connectivity index (χ0) is 17.0. The fourth-order valence-corrected chi connectivity index (χ4v) is 4.05. The van der Waals surface area contributed by atoms with Gasteiger partial charge < -0.3 is 0 Å². The van der Waals surface area contributed by atoms with E-state index in [0.29, 0.717) is 16.9 Å². The Morgan fingerprint density at radius 1 is 1.00 bits per heavy atom. The van der Waals surface area contributed by atoms with Crippen molar-refractivity contribution in [3.05, 3.63) is 65.5 Å². The van der Waals surface area contributed by atoms with Gasteiger partial charge in [0.05, 0.1) is 10.6 Å². The largest absolute Gasteiger partial charge is 0.224 e. The lowest BCUT2D eigenvalue weighted by Crippen LogP contribution is -2.11. The highest BCUT2D eigenvalue weighted by molar-refractivity contribution is 7.91. The van der Waals surface area contributed by atoms with Gasteiger partial charge in [0.25, 0.3) is 0 Å². The summed E-state index contributed by atoms with van der Waals surface area (Å²) in [6.07, 6.45) is 0.398. The molecule has 0 spiro atoms. The molecule has 0 bridgehead atoms. The average molecular weight is 334 g/mol. The minimum Gasteiger partial charge on any atom is -0.224 e. The molecule has 0 fully saturated rings. The van der Waals surface area contributed by atoms with Crippen molar-refractivity contribution >= 4 is 9.84 Å². The Morgan fingerprint density at radius 2 is 1.70 bits per heavy atom. The molecule has 0 aliphatic heterocycles. The van der Waals surface area contributed by atoms with Crippen molar-refractivity contribution in [2.45, 2.75) is 43.9 Å². The van der Waals surface area contributed by atoms with Gasteiger partial charge in [0.2, 0.25) is 0 Å². The van der Waals surface area contributed by atoms with Crippen molar-refractivity contribution in [3.8, 4) is 0 Å². The first-order chi connectivity index (χ1) is 10.8. The fraction of sp³-hybridized carbons (Fsp3) is 0.368. The smallest absolute Gasteiger partial charge is 0.178 e. The zero-order valence-electron chi connectivity index (χ0n) is 13.8. The molecule has 2 aromatic rings. The summed E-state index contributed by atoms with van der Waals surface area (Å²) < 4.78 is 38.8. The summed E-state index contributed by atoms with van der Waals surface area (Å²) in [7, 11) is -3.35. The van der Waals surface area contributed by atoms with Crippen LogP contribution in [-0.4, -0.2) is 14.2 Å². The fourth-order valence-electron chi connectivity index (χ4n) is 2.55. The Hall–Kier alpha value is -1.68. The number of halogens is 1. The van der Waals surface area contributed by atoms with Crippen molar-refractivity contribution in [2.75, 3.05) is 5.75 Å². The van der Waals surface area contributed by atoms with Gasteiger partial charge >= 0.3 is 0 Å². The Morgan fingerprint density at radius 3 is 2.35 bits per heavy atom. The zero-order valence-corrected chi connectivity index (χ0v) is 14.6. The van der Waals surface area contributed by atoms with Gasteiger partial charge in [-0.3, -0.25) is 0 Å². The van der Waals surface area contributed by atoms with Crippen LogP contribution >= 0.6 is 0 Å². The summed E-state index contributed by atoms with van der Waals surface area (Å²) in [5, 5.41) is 0. The molecule has 0 heterocycles. The van der Waals surface area contributed by atoms with Crippen LogP contribution in [0.5, 0.6) is 0 Å². The van der Waals surface area contributed by atoms with Crippen LogP contribution in [0.3, 0.4) is 0 Å². The Balaban J connectivity index is 2.13. The Kier molecular flexibility index (Phi) is 5.58. The quantitative estimate of drug-likeness (QED) is 0.751. The summed E-state index contributed by atoms with van der Waals surface area (Å²) in [5.41, 5.74) is 1.58. The number of benzene rings is 2. The summed E-state index contributed by atoms with van der Waals surface area (Å²) in [6.45, 7) is 5.93. The minimum atomic E-state index is -3.35. The minimum absolute atomic E-state index is 0.0179. The summed E-state index contributed by atoms with van der Waals surface area (Å²) in [6, 6.07) is 13.6. The second kappa shape index (κ2) is 7.26. The lowest BCUT2D eigenvalue weighted by molar-refractivity contribution is 0.571. The third-order valence-electron chi connectivity index (χ3n) is 4.14. The maximum Gasteiger partial charge on any atom is 0.178 e. The van der Waals surface area contributed by atoms with E-state index < -0.39 is 9.84 Å². The molecule has 1 atom stereocenters. The van der Waals surface area contributed by atoms with E-state index in [4.69, 9.17) is 0 Å². The van der Waals surface area contributed by atoms with Gasteiger partial charge in [-0.2, -0.15) is 0 Å². The summed E-state index contributed by atoms with van der Waals surface area (Å²) >= 11 is 0. The Bertz CT molecular complexity index is 766. The molecule has 1 unspecified atom stereocenters. The van der Waals surface area contributed by atoms with E-state index in [-0.39, 0.29) is 23.4 Å². The topological polar surface area (TPSA) is 34.1 Å². The summed E-state index contributed by atoms with van der Waals surface area (Å²) in [5.74, 6) is -0.120. The van der Waals surface area contributed by atoms with Crippen molar-refractivity contribution in [1.29, 1.82) is 0 Å². The summed E-state index contributed by atoms with van der Waals surface area (Å²) in [4.78, 5) is 0.351. The van der Waals surface area contributed by atoms with Gasteiger partial charge in [-0.05, 0) is 47.6 Å². The number of hydrogen-bond acceptors (Lipinski definition) is 2. The molecular weight excluding hydrogens is 311 g/mol. The van der Waals surface area contributed by atoms with Crippen LogP contribution in [0.1, 0.15) is 50.2 Å². The number of sulfone groups is 1. The highest BCUT2D eigenvalue weighted by Crippen LogP contribution is 2.25. The van der Waals surface area contributed by atoms with Crippen LogP contribution in [0.15, 0.2) is 53.4 Å². The first-order valence-corrected chi connectivity index (χ1v) is 9.53. The third kappa shape index (κ3) is 4.41. The van der Waals surface area contributed by atoms with Gasteiger partial charge in [0.15, 0.2) is 9.84 Å². The Labute approximate surface area is 138 Å². The molecule has 2 nitrogen and oxygen atoms in total. The monoisotopic (exact) mass is 334 g/mol. The van der Waals surface area contributed by atoms with Crippen molar-refractivity contribution < 1.29 is 12.8 Å². The van der Waals surface area contributed by atoms with Crippen molar-refractivity contribution in [1.82, 2.24) is 0 Å². The van der Waals surface area contributed by atoms with Gasteiger partial charge in [0.1, 0.15) is 5.82 Å². The molecular formula is C19H23FO2S. The van der Waals surface area contributed by atoms with E-state index in [1.54, 1.807) is 36.4 Å². The molecule has 2 rings (SSSR count). The van der Waals surface area contributed by atoms with E-state index in [2.05, 4.69) is 0 Å². The predicted molar refractivity (Wildman–Crippen MR) is 92.0 cm³/mol. The highest BCUT2D eigenvalue weighted by Gasteiger charge is 2.19. The molecule has 4 heteroatoms. The normalized spacial score (nSPS) is 13.3. The molecule has 2 aromatic carbocycles. The van der Waals surface area contributed by atoms with E-state index >= 15 is 0 Å². The highest BCUT2D eigenvalue weighted by atomic mass is 32.2. The number of hydrogen-bond donors (Lipinski definition) is 0. The van der Waals surface area contributed by atoms with Crippen LogP contribution in [0.25, 0.3) is 0 Å². The van der Waals surface area contributed by atoms with Gasteiger partial charge in [-0.15, -0.1) is 0 Å². The average Bonchev–Trinajstić information content (AvgIpc) is 2.53. The second-order valence-corrected chi connectivity index (χ2v) is 8.37. The predicted octanol–water partition coefficient (Wildman–Crippen LogP) is 4.92. The molecule has 0 radical (unpaired) electrons. The maximum absolute atomic E-state index is 13.8. The molecule has 0 saturated heterocycles. The van der Waals surface area contributed by atoms with Crippen molar-refractivity contribution in [3.63, 3.8) is 0 Å². The van der Waals surface area contributed by atoms with E-state index in [1.807, 2.05) is 26.8 Å². The molecule has 0 aliphatic rings. The standard InChI is InChI=1S/C19H23FO2S/c1-14(2)16-7-6-8-17(13-16)23(21,22)12-11-15(3)18-9-4-5-10-19(18)20/h4-10,13-15H,11-12H2,1-3H3. The van der Waals surface area contributed by atoms with Crippen LogP contribution in [0.4, 0.5) is 4.39 Å². The molecule has 0 aliphatic carbocycles.